The maximum absolute atomic E-state index is 11.8. The number of carboxylic acid groups (broad SMARTS) is 1. The Kier molecular flexibility index (Phi) is 9.70. The molecule has 172 valence electrons. The molecule has 0 aromatic carbocycles. The molecular weight excluding hydrogens is 370 g/mol. The monoisotopic (exact) mass is 417 g/mol. The van der Waals surface area contributed by atoms with E-state index in [1.807, 2.05) is 0 Å². The number of nitriles is 1. The summed E-state index contributed by atoms with van der Waals surface area (Å²) >= 11 is 0. The van der Waals surface area contributed by atoms with Gasteiger partial charge in [0.1, 0.15) is 0 Å². The van der Waals surface area contributed by atoms with Gasteiger partial charge < -0.3 is 5.11 Å². The standard InChI is InChI=1S/C27H47NO2/c1-19(2)10-9-12-21(4)24-13-14-25-23(18-26(29)30)22(15-16-27(24,25)5)20(3)11-7-6-8-17-28/h19-25H,6-16,18H2,1-5H3,(H,29,30)/t20-,21?,22-,23-,24-,25?,27-/m1/s1. The highest BCUT2D eigenvalue weighted by Crippen LogP contribution is 2.62. The highest BCUT2D eigenvalue weighted by molar-refractivity contribution is 5.67. The zero-order valence-corrected chi connectivity index (χ0v) is 20.3. The van der Waals surface area contributed by atoms with Crippen molar-refractivity contribution in [2.24, 2.45) is 46.8 Å². The number of rotatable bonds is 12. The molecule has 0 spiro atoms. The Labute approximate surface area is 186 Å². The van der Waals surface area contributed by atoms with Gasteiger partial charge in [0.05, 0.1) is 6.07 Å². The van der Waals surface area contributed by atoms with Gasteiger partial charge in [0.15, 0.2) is 0 Å². The Morgan fingerprint density at radius 1 is 1.03 bits per heavy atom. The van der Waals surface area contributed by atoms with Gasteiger partial charge in [-0.2, -0.15) is 5.26 Å². The predicted octanol–water partition coefficient (Wildman–Crippen LogP) is 7.70. The van der Waals surface area contributed by atoms with E-state index in [1.54, 1.807) is 0 Å². The van der Waals surface area contributed by atoms with Crippen molar-refractivity contribution in [3.05, 3.63) is 0 Å². The van der Waals surface area contributed by atoms with Gasteiger partial charge in [0.2, 0.25) is 0 Å². The molecule has 0 radical (unpaired) electrons. The molecule has 0 amide bonds. The molecule has 0 heterocycles. The Morgan fingerprint density at radius 3 is 2.37 bits per heavy atom. The van der Waals surface area contributed by atoms with Crippen molar-refractivity contribution >= 4 is 5.97 Å². The first-order valence-corrected chi connectivity index (χ1v) is 12.8. The summed E-state index contributed by atoms with van der Waals surface area (Å²) in [5.74, 6) is 3.71. The van der Waals surface area contributed by atoms with Crippen molar-refractivity contribution in [1.82, 2.24) is 0 Å². The third kappa shape index (κ3) is 6.24. The molecule has 2 unspecified atom stereocenters. The molecule has 30 heavy (non-hydrogen) atoms. The van der Waals surface area contributed by atoms with Crippen LogP contribution in [0.5, 0.6) is 0 Å². The third-order valence-electron chi connectivity index (χ3n) is 9.03. The Balaban J connectivity index is 2.07. The van der Waals surface area contributed by atoms with Crippen molar-refractivity contribution in [3.8, 4) is 6.07 Å². The Bertz CT molecular complexity index is 580. The van der Waals surface area contributed by atoms with Gasteiger partial charge in [-0.15, -0.1) is 0 Å². The van der Waals surface area contributed by atoms with Crippen molar-refractivity contribution in [1.29, 1.82) is 5.26 Å². The van der Waals surface area contributed by atoms with Gasteiger partial charge >= 0.3 is 5.97 Å². The van der Waals surface area contributed by atoms with Gasteiger partial charge in [-0.25, -0.2) is 0 Å². The number of aliphatic carboxylic acids is 1. The molecule has 3 heteroatoms. The van der Waals surface area contributed by atoms with E-state index in [2.05, 4.69) is 40.7 Å². The molecular formula is C27H47NO2. The number of carboxylic acids is 1. The van der Waals surface area contributed by atoms with E-state index in [1.165, 1.54) is 44.9 Å². The van der Waals surface area contributed by atoms with E-state index < -0.39 is 5.97 Å². The van der Waals surface area contributed by atoms with Crippen molar-refractivity contribution in [3.63, 3.8) is 0 Å². The van der Waals surface area contributed by atoms with Crippen LogP contribution >= 0.6 is 0 Å². The molecule has 3 nitrogen and oxygen atoms in total. The lowest BCUT2D eigenvalue weighted by Crippen LogP contribution is -2.45. The van der Waals surface area contributed by atoms with E-state index >= 15 is 0 Å². The molecule has 7 atom stereocenters. The van der Waals surface area contributed by atoms with Crippen LogP contribution in [-0.4, -0.2) is 11.1 Å². The van der Waals surface area contributed by atoms with Crippen LogP contribution in [0.2, 0.25) is 0 Å². The fraction of sp³-hybridized carbons (Fsp3) is 0.926. The Hall–Kier alpha value is -1.04. The third-order valence-corrected chi connectivity index (χ3v) is 9.03. The van der Waals surface area contributed by atoms with Crippen LogP contribution in [0.15, 0.2) is 0 Å². The van der Waals surface area contributed by atoms with Crippen LogP contribution in [0.1, 0.15) is 112 Å². The van der Waals surface area contributed by atoms with Crippen molar-refractivity contribution in [2.75, 3.05) is 0 Å². The molecule has 2 rings (SSSR count). The molecule has 2 fully saturated rings. The maximum atomic E-state index is 11.8. The van der Waals surface area contributed by atoms with Gasteiger partial charge in [0.25, 0.3) is 0 Å². The number of carbonyl (C=O) groups is 1. The van der Waals surface area contributed by atoms with Gasteiger partial charge in [-0.05, 0) is 78.9 Å². The fourth-order valence-electron chi connectivity index (χ4n) is 7.43. The fourth-order valence-corrected chi connectivity index (χ4v) is 7.43. The summed E-state index contributed by atoms with van der Waals surface area (Å²) in [7, 11) is 0. The van der Waals surface area contributed by atoms with Gasteiger partial charge in [0, 0.05) is 12.8 Å². The summed E-state index contributed by atoms with van der Waals surface area (Å²) in [5, 5.41) is 18.5. The molecule has 0 aliphatic heterocycles. The number of nitrogens with zero attached hydrogens (tertiary/aromatic N) is 1. The minimum atomic E-state index is -0.612. The molecule has 0 bridgehead atoms. The van der Waals surface area contributed by atoms with E-state index in [-0.39, 0.29) is 0 Å². The maximum Gasteiger partial charge on any atom is 0.303 e. The van der Waals surface area contributed by atoms with E-state index in [0.29, 0.717) is 41.9 Å². The summed E-state index contributed by atoms with van der Waals surface area (Å²) in [6.45, 7) is 12.0. The highest BCUT2D eigenvalue weighted by Gasteiger charge is 2.55. The average Bonchev–Trinajstić information content (AvgIpc) is 3.02. The second kappa shape index (κ2) is 11.5. The molecule has 0 aromatic heterocycles. The van der Waals surface area contributed by atoms with Crippen molar-refractivity contribution < 1.29 is 9.90 Å². The predicted molar refractivity (Wildman–Crippen MR) is 124 cm³/mol. The number of fused-ring (bicyclic) bond motifs is 1. The van der Waals surface area contributed by atoms with Crippen LogP contribution in [0.4, 0.5) is 0 Å². The molecule has 2 aliphatic rings. The zero-order chi connectivity index (χ0) is 22.3. The van der Waals surface area contributed by atoms with E-state index in [0.717, 1.165) is 37.0 Å². The lowest BCUT2D eigenvalue weighted by atomic mass is 9.54. The van der Waals surface area contributed by atoms with Gasteiger partial charge in [-0.1, -0.05) is 66.7 Å². The summed E-state index contributed by atoms with van der Waals surface area (Å²) in [5.41, 5.74) is 0.328. The van der Waals surface area contributed by atoms with Gasteiger partial charge in [-0.3, -0.25) is 4.79 Å². The number of unbranched alkanes of at least 4 members (excludes halogenated alkanes) is 2. The second-order valence-electron chi connectivity index (χ2n) is 11.4. The number of hydrogen-bond donors (Lipinski definition) is 1. The second-order valence-corrected chi connectivity index (χ2v) is 11.4. The van der Waals surface area contributed by atoms with E-state index in [9.17, 15) is 9.90 Å². The average molecular weight is 418 g/mol. The first kappa shape index (κ1) is 25.2. The highest BCUT2D eigenvalue weighted by atomic mass is 16.4. The smallest absolute Gasteiger partial charge is 0.303 e. The normalized spacial score (nSPS) is 33.1. The zero-order valence-electron chi connectivity index (χ0n) is 20.3. The lowest BCUT2D eigenvalue weighted by molar-refractivity contribution is -0.141. The summed E-state index contributed by atoms with van der Waals surface area (Å²) in [6, 6.07) is 2.25. The first-order chi connectivity index (χ1) is 14.2. The molecule has 0 saturated heterocycles. The summed E-state index contributed by atoms with van der Waals surface area (Å²) in [4.78, 5) is 11.8. The summed E-state index contributed by atoms with van der Waals surface area (Å²) < 4.78 is 0. The molecule has 2 aliphatic carbocycles. The number of hydrogen-bond acceptors (Lipinski definition) is 2. The quantitative estimate of drug-likeness (QED) is 0.331. The Morgan fingerprint density at radius 2 is 1.73 bits per heavy atom. The topological polar surface area (TPSA) is 61.1 Å². The van der Waals surface area contributed by atoms with Crippen LogP contribution in [0.3, 0.4) is 0 Å². The lowest BCUT2D eigenvalue weighted by Gasteiger charge is -2.51. The van der Waals surface area contributed by atoms with E-state index in [4.69, 9.17) is 5.26 Å². The summed E-state index contributed by atoms with van der Waals surface area (Å²) in [6.07, 6.45) is 13.2. The van der Waals surface area contributed by atoms with Crippen LogP contribution in [0.25, 0.3) is 0 Å². The van der Waals surface area contributed by atoms with Crippen LogP contribution < -0.4 is 0 Å². The van der Waals surface area contributed by atoms with Crippen molar-refractivity contribution in [2.45, 2.75) is 112 Å². The van der Waals surface area contributed by atoms with Crippen LogP contribution in [-0.2, 0) is 4.79 Å². The van der Waals surface area contributed by atoms with Crippen LogP contribution in [0, 0.1) is 58.2 Å². The SMILES string of the molecule is CC(C)CCCC(C)[C@H]1CCC2[C@H](CC(=O)O)[C@@H]([C@H](C)CCCCC#N)CC[C@@]21C. The molecule has 0 aromatic rings. The minimum absolute atomic E-state index is 0.328. The first-order valence-electron chi connectivity index (χ1n) is 12.8. The molecule has 1 N–H and O–H groups in total. The largest absolute Gasteiger partial charge is 0.481 e. The molecule has 2 saturated carbocycles. The minimum Gasteiger partial charge on any atom is -0.481 e.